The van der Waals surface area contributed by atoms with E-state index in [0.29, 0.717) is 30.9 Å². The van der Waals surface area contributed by atoms with Crippen LogP contribution in [0, 0.1) is 0 Å². The monoisotopic (exact) mass is 484 g/mol. The number of aromatic nitrogens is 4. The first kappa shape index (κ1) is 23.7. The Morgan fingerprint density at radius 1 is 1.24 bits per heavy atom. The highest BCUT2D eigenvalue weighted by Gasteiger charge is 2.17. The molecule has 4 rings (SSSR count). The minimum absolute atomic E-state index is 0.0693. The van der Waals surface area contributed by atoms with Crippen LogP contribution in [0.15, 0.2) is 59.8 Å². The number of anilines is 1. The van der Waals surface area contributed by atoms with Gasteiger partial charge in [-0.3, -0.25) is 14.5 Å². The van der Waals surface area contributed by atoms with Crippen molar-refractivity contribution < 1.29 is 18.3 Å². The van der Waals surface area contributed by atoms with E-state index in [9.17, 15) is 13.5 Å². The molecule has 0 spiro atoms. The van der Waals surface area contributed by atoms with Gasteiger partial charge < -0.3 is 15.2 Å². The van der Waals surface area contributed by atoms with E-state index in [-0.39, 0.29) is 4.90 Å². The first-order valence-corrected chi connectivity index (χ1v) is 12.4. The highest BCUT2D eigenvalue weighted by molar-refractivity contribution is 7.92. The van der Waals surface area contributed by atoms with E-state index < -0.39 is 16.1 Å². The van der Waals surface area contributed by atoms with Crippen LogP contribution >= 0.6 is 0 Å². The predicted molar refractivity (Wildman–Crippen MR) is 129 cm³/mol. The SMILES string of the molecule is CCc1[nH]nc2cc(OCCNCC(O)c3cccc(NS(=O)(=O)c4cnn(C)c4)c3)ccc12. The number of nitrogens with zero attached hydrogens (tertiary/aromatic N) is 3. The fourth-order valence-electron chi connectivity index (χ4n) is 3.57. The van der Waals surface area contributed by atoms with Gasteiger partial charge in [0.2, 0.25) is 0 Å². The van der Waals surface area contributed by atoms with Gasteiger partial charge >= 0.3 is 0 Å². The number of aliphatic hydroxyl groups is 1. The standard InChI is InChI=1S/C23H28N6O4S/c1-3-21-20-8-7-18(12-22(20)27-26-21)33-10-9-24-14-23(30)16-5-4-6-17(11-16)28-34(31,32)19-13-25-29(2)15-19/h4-8,11-13,15,23-24,28,30H,3,9-10,14H2,1-2H3,(H,26,27). The van der Waals surface area contributed by atoms with Gasteiger partial charge in [0.1, 0.15) is 17.3 Å². The quantitative estimate of drug-likeness (QED) is 0.240. The average molecular weight is 485 g/mol. The molecule has 0 bridgehead atoms. The number of benzene rings is 2. The maximum atomic E-state index is 12.5. The predicted octanol–water partition coefficient (Wildman–Crippen LogP) is 2.36. The molecular formula is C23H28N6O4S. The van der Waals surface area contributed by atoms with Gasteiger partial charge in [0.05, 0.1) is 17.8 Å². The summed E-state index contributed by atoms with van der Waals surface area (Å²) < 4.78 is 34.7. The smallest absolute Gasteiger partial charge is 0.265 e. The summed E-state index contributed by atoms with van der Waals surface area (Å²) in [4.78, 5) is 0.0693. The lowest BCUT2D eigenvalue weighted by atomic mass is 10.1. The van der Waals surface area contributed by atoms with E-state index in [1.807, 2.05) is 18.2 Å². The van der Waals surface area contributed by atoms with Gasteiger partial charge in [0.15, 0.2) is 0 Å². The normalized spacial score (nSPS) is 12.7. The first-order chi connectivity index (χ1) is 16.4. The molecule has 0 saturated carbocycles. The molecule has 180 valence electrons. The highest BCUT2D eigenvalue weighted by Crippen LogP contribution is 2.22. The van der Waals surface area contributed by atoms with Crippen LogP contribution in [-0.2, 0) is 23.5 Å². The molecule has 34 heavy (non-hydrogen) atoms. The van der Waals surface area contributed by atoms with Gasteiger partial charge in [-0.15, -0.1) is 0 Å². The van der Waals surface area contributed by atoms with Crippen molar-refractivity contribution >= 4 is 26.6 Å². The van der Waals surface area contributed by atoms with E-state index in [1.54, 1.807) is 31.3 Å². The molecule has 4 N–H and O–H groups in total. The Labute approximate surface area is 198 Å². The molecule has 0 radical (unpaired) electrons. The Bertz CT molecular complexity index is 1360. The number of aromatic amines is 1. The number of sulfonamides is 1. The molecular weight excluding hydrogens is 456 g/mol. The van der Waals surface area contributed by atoms with Crippen LogP contribution in [0.1, 0.15) is 24.3 Å². The fraction of sp³-hybridized carbons (Fsp3) is 0.304. The third-order valence-corrected chi connectivity index (χ3v) is 6.70. The molecule has 4 aromatic rings. The molecule has 11 heteroatoms. The van der Waals surface area contributed by atoms with Gasteiger partial charge in [-0.2, -0.15) is 10.2 Å². The summed E-state index contributed by atoms with van der Waals surface area (Å²) in [6.07, 6.45) is 2.78. The van der Waals surface area contributed by atoms with Crippen molar-refractivity contribution in [2.75, 3.05) is 24.4 Å². The molecule has 0 amide bonds. The Hall–Kier alpha value is -3.41. The van der Waals surface area contributed by atoms with Crippen molar-refractivity contribution in [2.24, 2.45) is 7.05 Å². The Morgan fingerprint density at radius 2 is 2.09 bits per heavy atom. The number of fused-ring (bicyclic) bond motifs is 1. The first-order valence-electron chi connectivity index (χ1n) is 11.0. The molecule has 0 fully saturated rings. The summed E-state index contributed by atoms with van der Waals surface area (Å²) in [7, 11) is -2.11. The van der Waals surface area contributed by atoms with Crippen molar-refractivity contribution in [1.82, 2.24) is 25.3 Å². The number of aliphatic hydroxyl groups excluding tert-OH is 1. The number of rotatable bonds is 11. The van der Waals surface area contributed by atoms with Crippen LogP contribution in [0.4, 0.5) is 5.69 Å². The van der Waals surface area contributed by atoms with Gasteiger partial charge in [-0.25, -0.2) is 8.42 Å². The number of nitrogens with one attached hydrogen (secondary N) is 3. The third kappa shape index (κ3) is 5.56. The minimum Gasteiger partial charge on any atom is -0.492 e. The molecule has 0 aliphatic heterocycles. The van der Waals surface area contributed by atoms with E-state index in [2.05, 4.69) is 32.3 Å². The van der Waals surface area contributed by atoms with Crippen LogP contribution in [0.3, 0.4) is 0 Å². The van der Waals surface area contributed by atoms with Crippen LogP contribution in [-0.4, -0.2) is 53.2 Å². The van der Waals surface area contributed by atoms with Crippen molar-refractivity contribution in [3.8, 4) is 5.75 Å². The zero-order valence-corrected chi connectivity index (χ0v) is 19.8. The van der Waals surface area contributed by atoms with E-state index in [0.717, 1.165) is 28.8 Å². The van der Waals surface area contributed by atoms with E-state index >= 15 is 0 Å². The largest absolute Gasteiger partial charge is 0.492 e. The molecule has 10 nitrogen and oxygen atoms in total. The number of H-pyrrole nitrogens is 1. The average Bonchev–Trinajstić information content (AvgIpc) is 3.44. The summed E-state index contributed by atoms with van der Waals surface area (Å²) in [6, 6.07) is 12.5. The maximum Gasteiger partial charge on any atom is 0.265 e. The molecule has 1 atom stereocenters. The van der Waals surface area contributed by atoms with Gasteiger partial charge in [-0.1, -0.05) is 19.1 Å². The fourth-order valence-corrected chi connectivity index (χ4v) is 4.60. The topological polar surface area (TPSA) is 134 Å². The zero-order chi connectivity index (χ0) is 24.1. The summed E-state index contributed by atoms with van der Waals surface area (Å²) in [5, 5.41) is 26.0. The van der Waals surface area contributed by atoms with Crippen LogP contribution < -0.4 is 14.8 Å². The minimum atomic E-state index is -3.75. The Kier molecular flexibility index (Phi) is 7.15. The maximum absolute atomic E-state index is 12.5. The second-order valence-electron chi connectivity index (χ2n) is 7.88. The highest BCUT2D eigenvalue weighted by atomic mass is 32.2. The van der Waals surface area contributed by atoms with Crippen molar-refractivity contribution in [3.05, 3.63) is 66.1 Å². The lowest BCUT2D eigenvalue weighted by Gasteiger charge is -2.14. The molecule has 0 aliphatic carbocycles. The zero-order valence-electron chi connectivity index (χ0n) is 19.0. The second kappa shape index (κ2) is 10.2. The van der Waals surface area contributed by atoms with Crippen molar-refractivity contribution in [3.63, 3.8) is 0 Å². The molecule has 0 aliphatic rings. The van der Waals surface area contributed by atoms with Gasteiger partial charge in [0, 0.05) is 49.2 Å². The molecule has 2 heterocycles. The molecule has 0 saturated heterocycles. The van der Waals surface area contributed by atoms with E-state index in [1.165, 1.54) is 17.1 Å². The number of ether oxygens (including phenoxy) is 1. The van der Waals surface area contributed by atoms with Gasteiger partial charge in [-0.05, 0) is 36.2 Å². The molecule has 2 aromatic carbocycles. The van der Waals surface area contributed by atoms with Crippen molar-refractivity contribution in [2.45, 2.75) is 24.3 Å². The van der Waals surface area contributed by atoms with E-state index in [4.69, 9.17) is 4.74 Å². The number of hydrogen-bond acceptors (Lipinski definition) is 7. The Morgan fingerprint density at radius 3 is 2.85 bits per heavy atom. The Balaban J connectivity index is 1.26. The van der Waals surface area contributed by atoms with Crippen molar-refractivity contribution in [1.29, 1.82) is 0 Å². The molecule has 2 aromatic heterocycles. The summed E-state index contributed by atoms with van der Waals surface area (Å²) in [5.74, 6) is 0.734. The summed E-state index contributed by atoms with van der Waals surface area (Å²) in [6.45, 7) is 3.33. The number of aryl methyl sites for hydroxylation is 2. The summed E-state index contributed by atoms with van der Waals surface area (Å²) in [5.41, 5.74) is 2.93. The van der Waals surface area contributed by atoms with Gasteiger partial charge in [0.25, 0.3) is 10.0 Å². The summed E-state index contributed by atoms with van der Waals surface area (Å²) >= 11 is 0. The number of hydrogen-bond donors (Lipinski definition) is 4. The van der Waals surface area contributed by atoms with Crippen LogP contribution in [0.25, 0.3) is 10.9 Å². The third-order valence-electron chi connectivity index (χ3n) is 5.36. The second-order valence-corrected chi connectivity index (χ2v) is 9.57. The molecule has 1 unspecified atom stereocenters. The lowest BCUT2D eigenvalue weighted by molar-refractivity contribution is 0.172. The lowest BCUT2D eigenvalue weighted by Crippen LogP contribution is -2.26. The van der Waals surface area contributed by atoms with Crippen LogP contribution in [0.5, 0.6) is 5.75 Å². The van der Waals surface area contributed by atoms with Crippen LogP contribution in [0.2, 0.25) is 0 Å².